The van der Waals surface area contributed by atoms with Crippen LogP contribution >= 0.6 is 0 Å². The summed E-state index contributed by atoms with van der Waals surface area (Å²) in [6.45, 7) is 1.97. The molecule has 0 bridgehead atoms. The minimum atomic E-state index is -0.165. The lowest BCUT2D eigenvalue weighted by molar-refractivity contribution is 0.226. The summed E-state index contributed by atoms with van der Waals surface area (Å²) in [5.41, 5.74) is 2.60. The predicted molar refractivity (Wildman–Crippen MR) is 131 cm³/mol. The smallest absolute Gasteiger partial charge is 0.319 e. The van der Waals surface area contributed by atoms with Crippen LogP contribution in [0.1, 0.15) is 44.1 Å². The molecule has 3 atom stereocenters. The standard InChI is InChI=1S/C26H33N5O2/c1-33-23-14-10-20(11-15-23)29-26(32)30-25-7-3-2-6-24(25)28-21-5-4-16-31(18-21)22-12-8-19(17-27)9-13-22/h8-15,21,24-25,28H,2-7,16,18H2,1H3,(H2,29,30,32)/t21-,24+,25+/m0/s1. The number of amides is 2. The zero-order valence-electron chi connectivity index (χ0n) is 19.2. The topological polar surface area (TPSA) is 89.4 Å². The van der Waals surface area contributed by atoms with E-state index >= 15 is 0 Å². The van der Waals surface area contributed by atoms with Crippen LogP contribution in [0.3, 0.4) is 0 Å². The second-order valence-electron chi connectivity index (χ2n) is 8.93. The van der Waals surface area contributed by atoms with E-state index in [1.807, 2.05) is 48.5 Å². The maximum Gasteiger partial charge on any atom is 0.319 e. The fourth-order valence-electron chi connectivity index (χ4n) is 4.91. The number of carbonyl (C=O) groups is 1. The van der Waals surface area contributed by atoms with Gasteiger partial charge in [0.15, 0.2) is 0 Å². The van der Waals surface area contributed by atoms with Crippen LogP contribution in [0.25, 0.3) is 0 Å². The molecule has 0 unspecified atom stereocenters. The molecule has 174 valence electrons. The Kier molecular flexibility index (Phi) is 7.69. The second kappa shape index (κ2) is 11.1. The van der Waals surface area contributed by atoms with Gasteiger partial charge in [0.2, 0.25) is 0 Å². The molecule has 1 heterocycles. The Hall–Kier alpha value is -3.24. The molecule has 33 heavy (non-hydrogen) atoms. The van der Waals surface area contributed by atoms with E-state index in [0.29, 0.717) is 11.6 Å². The van der Waals surface area contributed by atoms with Crippen molar-refractivity contribution < 1.29 is 9.53 Å². The Morgan fingerprint density at radius 2 is 1.73 bits per heavy atom. The number of ether oxygens (including phenoxy) is 1. The lowest BCUT2D eigenvalue weighted by Gasteiger charge is -2.40. The third-order valence-electron chi connectivity index (χ3n) is 6.66. The van der Waals surface area contributed by atoms with Gasteiger partial charge in [0.05, 0.1) is 18.7 Å². The number of nitrogens with one attached hydrogen (secondary N) is 3. The summed E-state index contributed by atoms with van der Waals surface area (Å²) < 4.78 is 5.18. The number of carbonyl (C=O) groups excluding carboxylic acids is 1. The van der Waals surface area contributed by atoms with Crippen molar-refractivity contribution in [3.63, 3.8) is 0 Å². The van der Waals surface area contributed by atoms with Gasteiger partial charge in [0.1, 0.15) is 5.75 Å². The van der Waals surface area contributed by atoms with Gasteiger partial charge in [-0.05, 0) is 74.2 Å². The molecule has 2 aromatic rings. The molecule has 1 aliphatic heterocycles. The molecule has 2 fully saturated rings. The van der Waals surface area contributed by atoms with Crippen LogP contribution in [-0.4, -0.2) is 44.4 Å². The number of hydrogen-bond acceptors (Lipinski definition) is 5. The average Bonchev–Trinajstić information content (AvgIpc) is 2.86. The number of piperidine rings is 1. The fourth-order valence-corrected chi connectivity index (χ4v) is 4.91. The monoisotopic (exact) mass is 447 g/mol. The van der Waals surface area contributed by atoms with Gasteiger partial charge >= 0.3 is 6.03 Å². The molecule has 0 aromatic heterocycles. The number of nitriles is 1. The Morgan fingerprint density at radius 3 is 2.42 bits per heavy atom. The van der Waals surface area contributed by atoms with Crippen molar-refractivity contribution in [2.45, 2.75) is 56.7 Å². The molecule has 7 nitrogen and oxygen atoms in total. The molecular formula is C26H33N5O2. The molecule has 1 saturated carbocycles. The third kappa shape index (κ3) is 6.17. The van der Waals surface area contributed by atoms with Crippen LogP contribution in [0.2, 0.25) is 0 Å². The summed E-state index contributed by atoms with van der Waals surface area (Å²) in [4.78, 5) is 15.0. The summed E-state index contributed by atoms with van der Waals surface area (Å²) in [6.07, 6.45) is 6.63. The van der Waals surface area contributed by atoms with Crippen LogP contribution in [0.4, 0.5) is 16.2 Å². The minimum Gasteiger partial charge on any atom is -0.497 e. The zero-order chi connectivity index (χ0) is 23.0. The van der Waals surface area contributed by atoms with E-state index < -0.39 is 0 Å². The SMILES string of the molecule is COc1ccc(NC(=O)N[C@@H]2CCCC[C@H]2N[C@H]2CCCN(c3ccc(C#N)cc3)C2)cc1. The Morgan fingerprint density at radius 1 is 1.00 bits per heavy atom. The third-order valence-corrected chi connectivity index (χ3v) is 6.66. The number of rotatable bonds is 6. The van der Waals surface area contributed by atoms with Gasteiger partial charge in [-0.15, -0.1) is 0 Å². The van der Waals surface area contributed by atoms with Crippen molar-refractivity contribution in [3.8, 4) is 11.8 Å². The van der Waals surface area contributed by atoms with Crippen molar-refractivity contribution in [1.82, 2.24) is 10.6 Å². The van der Waals surface area contributed by atoms with Crippen molar-refractivity contribution >= 4 is 17.4 Å². The van der Waals surface area contributed by atoms with Gasteiger partial charge < -0.3 is 25.6 Å². The number of methoxy groups -OCH3 is 1. The first-order valence-corrected chi connectivity index (χ1v) is 11.9. The van der Waals surface area contributed by atoms with Crippen LogP contribution in [-0.2, 0) is 0 Å². The molecule has 2 aliphatic rings. The average molecular weight is 448 g/mol. The van der Waals surface area contributed by atoms with E-state index in [1.54, 1.807) is 7.11 Å². The fraction of sp³-hybridized carbons (Fsp3) is 0.462. The van der Waals surface area contributed by atoms with E-state index in [0.717, 1.165) is 62.3 Å². The highest BCUT2D eigenvalue weighted by molar-refractivity contribution is 5.89. The van der Waals surface area contributed by atoms with Gasteiger partial charge in [0.25, 0.3) is 0 Å². The summed E-state index contributed by atoms with van der Waals surface area (Å²) in [6, 6.07) is 18.0. The summed E-state index contributed by atoms with van der Waals surface area (Å²) in [5, 5.41) is 19.0. The van der Waals surface area contributed by atoms with Crippen LogP contribution in [0.5, 0.6) is 5.75 Å². The normalized spacial score (nSPS) is 22.8. The number of anilines is 2. The molecule has 3 N–H and O–H groups in total. The van der Waals surface area contributed by atoms with Gasteiger partial charge in [-0.3, -0.25) is 0 Å². The highest BCUT2D eigenvalue weighted by Gasteiger charge is 2.30. The first-order valence-electron chi connectivity index (χ1n) is 11.9. The van der Waals surface area contributed by atoms with Crippen LogP contribution < -0.4 is 25.6 Å². The quantitative estimate of drug-likeness (QED) is 0.616. The molecular weight excluding hydrogens is 414 g/mol. The first kappa shape index (κ1) is 22.9. The van der Waals surface area contributed by atoms with E-state index in [2.05, 4.69) is 26.9 Å². The molecule has 7 heteroatoms. The maximum atomic E-state index is 12.6. The number of urea groups is 1. The number of nitrogens with zero attached hydrogens (tertiary/aromatic N) is 2. The number of benzene rings is 2. The molecule has 0 radical (unpaired) electrons. The van der Waals surface area contributed by atoms with Crippen molar-refractivity contribution in [1.29, 1.82) is 5.26 Å². The van der Waals surface area contributed by atoms with E-state index in [9.17, 15) is 4.79 Å². The Labute approximate surface area is 196 Å². The predicted octanol–water partition coefficient (Wildman–Crippen LogP) is 4.26. The van der Waals surface area contributed by atoms with Crippen LogP contribution in [0.15, 0.2) is 48.5 Å². The Bertz CT molecular complexity index is 954. The lowest BCUT2D eigenvalue weighted by Crippen LogP contribution is -2.57. The van der Waals surface area contributed by atoms with Gasteiger partial charge in [-0.25, -0.2) is 4.79 Å². The maximum absolute atomic E-state index is 12.6. The van der Waals surface area contributed by atoms with Gasteiger partial charge in [-0.2, -0.15) is 5.26 Å². The summed E-state index contributed by atoms with van der Waals surface area (Å²) in [5.74, 6) is 0.764. The second-order valence-corrected chi connectivity index (χ2v) is 8.93. The molecule has 4 rings (SSSR count). The molecule has 0 spiro atoms. The van der Waals surface area contributed by atoms with Crippen LogP contribution in [0, 0.1) is 11.3 Å². The van der Waals surface area contributed by atoms with E-state index in [1.165, 1.54) is 6.42 Å². The molecule has 2 aromatic carbocycles. The van der Waals surface area contributed by atoms with Crippen molar-refractivity contribution in [2.24, 2.45) is 0 Å². The van der Waals surface area contributed by atoms with E-state index in [4.69, 9.17) is 10.00 Å². The number of hydrogen-bond donors (Lipinski definition) is 3. The Balaban J connectivity index is 1.32. The van der Waals surface area contributed by atoms with Crippen molar-refractivity contribution in [2.75, 3.05) is 30.4 Å². The van der Waals surface area contributed by atoms with Crippen molar-refractivity contribution in [3.05, 3.63) is 54.1 Å². The minimum absolute atomic E-state index is 0.113. The van der Waals surface area contributed by atoms with Gasteiger partial charge in [-0.1, -0.05) is 12.8 Å². The van der Waals surface area contributed by atoms with E-state index in [-0.39, 0.29) is 18.1 Å². The molecule has 1 aliphatic carbocycles. The highest BCUT2D eigenvalue weighted by Crippen LogP contribution is 2.24. The summed E-state index contributed by atoms with van der Waals surface area (Å²) >= 11 is 0. The first-order chi connectivity index (χ1) is 16.1. The molecule has 1 saturated heterocycles. The highest BCUT2D eigenvalue weighted by atomic mass is 16.5. The summed E-state index contributed by atoms with van der Waals surface area (Å²) in [7, 11) is 1.63. The molecule has 2 amide bonds. The lowest BCUT2D eigenvalue weighted by atomic mass is 9.89. The zero-order valence-corrected chi connectivity index (χ0v) is 19.2. The van der Waals surface area contributed by atoms with Gasteiger partial charge in [0, 0.05) is 42.6 Å². The largest absolute Gasteiger partial charge is 0.497 e.